The molecule has 2 aliphatic heterocycles. The molecule has 0 atom stereocenters. The Hall–Kier alpha value is -10.1. The highest BCUT2D eigenvalue weighted by Gasteiger charge is 2.43. The summed E-state index contributed by atoms with van der Waals surface area (Å²) in [5.41, 5.74) is 24.6. The summed E-state index contributed by atoms with van der Waals surface area (Å²) in [6.45, 7) is 4.40. The van der Waals surface area contributed by atoms with Crippen LogP contribution in [0.25, 0.3) is 127 Å². The van der Waals surface area contributed by atoms with Crippen molar-refractivity contribution in [3.05, 3.63) is 266 Å². The Balaban J connectivity index is 1.03. The molecule has 15 aromatic rings. The lowest BCUT2D eigenvalue weighted by Crippen LogP contribution is -2.58. The van der Waals surface area contributed by atoms with Crippen molar-refractivity contribution < 1.29 is 4.74 Å². The van der Waals surface area contributed by atoms with Crippen molar-refractivity contribution in [3.63, 3.8) is 0 Å². The van der Waals surface area contributed by atoms with Crippen LogP contribution in [-0.2, 0) is 0 Å². The standard InChI is InChI=1S/C75H50BN3O/c1-46(2)49-41-71-73-72(42-49)80-75-63(56-28-12-11-26-54(56)48-23-7-4-8-24-48)39-50(55-27-10-9-25-53(55)47-21-5-3-6-22-47)40-65(75)76(73)64-45-52(78-68-35-19-15-31-59(68)60-32-16-20-36-69(60)78)44-62-61-43-51(37-38-70(61)79(71)74(62)64)77-66-33-17-13-29-57(66)58-30-14-18-34-67(58)77/h3-46H,1-2H3. The summed E-state index contributed by atoms with van der Waals surface area (Å²) in [5.74, 6) is 2.05. The van der Waals surface area contributed by atoms with Crippen LogP contribution in [0.3, 0.4) is 0 Å². The van der Waals surface area contributed by atoms with E-state index in [0.717, 1.165) is 56.2 Å². The average molecular weight is 1020 g/mol. The quantitative estimate of drug-likeness (QED) is 0.146. The van der Waals surface area contributed by atoms with Crippen molar-refractivity contribution in [2.24, 2.45) is 0 Å². The lowest BCUT2D eigenvalue weighted by molar-refractivity contribution is 0.488. The Labute approximate surface area is 463 Å². The van der Waals surface area contributed by atoms with Crippen molar-refractivity contribution in [2.75, 3.05) is 0 Å². The van der Waals surface area contributed by atoms with E-state index in [1.807, 2.05) is 0 Å². The largest absolute Gasteiger partial charge is 0.458 e. The average Bonchev–Trinajstić information content (AvgIpc) is 4.29. The number of nitrogens with zero attached hydrogens (tertiary/aromatic N) is 3. The van der Waals surface area contributed by atoms with Gasteiger partial charge < -0.3 is 18.4 Å². The first kappa shape index (κ1) is 45.0. The molecule has 17 rings (SSSR count). The van der Waals surface area contributed by atoms with Gasteiger partial charge in [-0.15, -0.1) is 0 Å². The van der Waals surface area contributed by atoms with Gasteiger partial charge in [-0.2, -0.15) is 0 Å². The molecule has 12 aromatic carbocycles. The first-order chi connectivity index (χ1) is 39.5. The molecule has 0 bridgehead atoms. The van der Waals surface area contributed by atoms with E-state index < -0.39 is 0 Å². The third kappa shape index (κ3) is 6.46. The van der Waals surface area contributed by atoms with E-state index in [4.69, 9.17) is 4.74 Å². The molecule has 4 nitrogen and oxygen atoms in total. The van der Waals surface area contributed by atoms with Gasteiger partial charge in [0.05, 0.1) is 27.6 Å². The molecular weight excluding hydrogens is 970 g/mol. The van der Waals surface area contributed by atoms with Gasteiger partial charge in [0, 0.05) is 60.5 Å². The molecule has 0 saturated carbocycles. The Bertz CT molecular complexity index is 4970. The Morgan fingerprint density at radius 3 is 1.39 bits per heavy atom. The molecular formula is C75H50BN3O. The van der Waals surface area contributed by atoms with Crippen LogP contribution < -0.4 is 21.1 Å². The Kier molecular flexibility index (Phi) is 9.67. The van der Waals surface area contributed by atoms with E-state index in [1.54, 1.807) is 0 Å². The minimum Gasteiger partial charge on any atom is -0.458 e. The predicted octanol–water partition coefficient (Wildman–Crippen LogP) is 17.7. The third-order valence-electron chi connectivity index (χ3n) is 17.5. The molecule has 80 heavy (non-hydrogen) atoms. The summed E-state index contributed by atoms with van der Waals surface area (Å²) >= 11 is 0. The summed E-state index contributed by atoms with van der Waals surface area (Å²) < 4.78 is 15.3. The highest BCUT2D eigenvalue weighted by molar-refractivity contribution is 6.99. The van der Waals surface area contributed by atoms with Crippen LogP contribution in [0.4, 0.5) is 0 Å². The molecule has 0 aliphatic carbocycles. The molecule has 0 fully saturated rings. The summed E-state index contributed by atoms with van der Waals surface area (Å²) in [7, 11) is 0. The van der Waals surface area contributed by atoms with Crippen LogP contribution in [0.1, 0.15) is 25.3 Å². The summed E-state index contributed by atoms with van der Waals surface area (Å²) in [5, 5.41) is 7.39. The monoisotopic (exact) mass is 1020 g/mol. The lowest BCUT2D eigenvalue weighted by atomic mass is 9.34. The first-order valence-corrected chi connectivity index (χ1v) is 28.0. The first-order valence-electron chi connectivity index (χ1n) is 28.0. The molecule has 3 aromatic heterocycles. The maximum atomic E-state index is 7.74. The van der Waals surface area contributed by atoms with Gasteiger partial charge in [-0.05, 0) is 140 Å². The summed E-state index contributed by atoms with van der Waals surface area (Å²) in [6.07, 6.45) is 0. The zero-order chi connectivity index (χ0) is 52.7. The molecule has 0 N–H and O–H groups in total. The van der Waals surface area contributed by atoms with Gasteiger partial charge in [-0.3, -0.25) is 0 Å². The van der Waals surface area contributed by atoms with Crippen LogP contribution >= 0.6 is 0 Å². The molecule has 0 radical (unpaired) electrons. The number of rotatable bonds is 7. The van der Waals surface area contributed by atoms with E-state index in [9.17, 15) is 0 Å². The maximum Gasteiger partial charge on any atom is 0.256 e. The fraction of sp³-hybridized carbons (Fsp3) is 0.0400. The summed E-state index contributed by atoms with van der Waals surface area (Å²) in [4.78, 5) is 0. The number of para-hydroxylation sites is 4. The normalized spacial score (nSPS) is 12.6. The molecule has 0 spiro atoms. The highest BCUT2D eigenvalue weighted by atomic mass is 16.5. The van der Waals surface area contributed by atoms with Crippen LogP contribution in [0, 0.1) is 0 Å². The highest BCUT2D eigenvalue weighted by Crippen LogP contribution is 2.47. The number of hydrogen-bond acceptors (Lipinski definition) is 1. The lowest BCUT2D eigenvalue weighted by Gasteiger charge is -2.36. The molecule has 0 unspecified atom stereocenters. The Morgan fingerprint density at radius 1 is 0.338 bits per heavy atom. The SMILES string of the molecule is CC(C)c1cc2c3c(c1)-n1c4ccc(-n5c6ccccc6c6ccccc65)cc4c4cc(-n5c6ccccc6c6ccccc65)cc(c41)B3c1cc(-c3ccccc3-c3ccccc3)cc(-c3ccccc3-c3ccccc3)c1O2. The van der Waals surface area contributed by atoms with Gasteiger partial charge in [0.15, 0.2) is 0 Å². The van der Waals surface area contributed by atoms with E-state index >= 15 is 0 Å². The molecule has 2 aliphatic rings. The predicted molar refractivity (Wildman–Crippen MR) is 336 cm³/mol. The van der Waals surface area contributed by atoms with Crippen molar-refractivity contribution in [1.29, 1.82) is 0 Å². The second-order valence-corrected chi connectivity index (χ2v) is 22.1. The van der Waals surface area contributed by atoms with Crippen molar-refractivity contribution in [2.45, 2.75) is 19.8 Å². The van der Waals surface area contributed by atoms with Crippen LogP contribution in [0.2, 0.25) is 0 Å². The molecule has 0 amide bonds. The van der Waals surface area contributed by atoms with Crippen LogP contribution in [0.15, 0.2) is 261 Å². The van der Waals surface area contributed by atoms with Crippen LogP contribution in [-0.4, -0.2) is 20.4 Å². The zero-order valence-electron chi connectivity index (χ0n) is 44.2. The van der Waals surface area contributed by atoms with E-state index in [0.29, 0.717) is 0 Å². The summed E-state index contributed by atoms with van der Waals surface area (Å²) in [6, 6.07) is 96.8. The van der Waals surface area contributed by atoms with Gasteiger partial charge in [0.2, 0.25) is 0 Å². The van der Waals surface area contributed by atoms with Crippen LogP contribution in [0.5, 0.6) is 11.5 Å². The second kappa shape index (κ2) is 17.2. The number of ether oxygens (including phenoxy) is 1. The smallest absolute Gasteiger partial charge is 0.256 e. The number of benzene rings is 12. The zero-order valence-corrected chi connectivity index (χ0v) is 44.2. The van der Waals surface area contributed by atoms with E-state index in [-0.39, 0.29) is 12.6 Å². The van der Waals surface area contributed by atoms with Crippen molar-refractivity contribution >= 4 is 88.5 Å². The third-order valence-corrected chi connectivity index (χ3v) is 17.5. The fourth-order valence-electron chi connectivity index (χ4n) is 13.9. The van der Waals surface area contributed by atoms with Crippen molar-refractivity contribution in [1.82, 2.24) is 13.7 Å². The van der Waals surface area contributed by atoms with Gasteiger partial charge >= 0.3 is 0 Å². The maximum absolute atomic E-state index is 7.74. The van der Waals surface area contributed by atoms with Crippen molar-refractivity contribution in [3.8, 4) is 73.1 Å². The van der Waals surface area contributed by atoms with Gasteiger partial charge in [0.1, 0.15) is 11.5 Å². The number of fused-ring (bicyclic) bond motifs is 13. The van der Waals surface area contributed by atoms with E-state index in [2.05, 4.69) is 288 Å². The second-order valence-electron chi connectivity index (χ2n) is 22.1. The molecule has 0 saturated heterocycles. The number of aromatic nitrogens is 3. The minimum absolute atomic E-state index is 0.208. The van der Waals surface area contributed by atoms with E-state index in [1.165, 1.54) is 104 Å². The molecule has 374 valence electrons. The van der Waals surface area contributed by atoms with Gasteiger partial charge in [0.25, 0.3) is 6.71 Å². The minimum atomic E-state index is -0.208. The fourth-order valence-corrected chi connectivity index (χ4v) is 13.9. The Morgan fingerprint density at radius 2 is 0.812 bits per heavy atom. The number of hydrogen-bond donors (Lipinski definition) is 0. The topological polar surface area (TPSA) is 24.0 Å². The van der Waals surface area contributed by atoms with Gasteiger partial charge in [-0.1, -0.05) is 202 Å². The van der Waals surface area contributed by atoms with Gasteiger partial charge in [-0.25, -0.2) is 0 Å². The molecule has 5 heterocycles. The molecule has 5 heteroatoms.